The molecular weight excluding hydrogens is 1420 g/mol. The van der Waals surface area contributed by atoms with Crippen molar-refractivity contribution >= 4 is 94.7 Å². The molecule has 6 heterocycles. The molecule has 13 amide bonds. The third-order valence-corrected chi connectivity index (χ3v) is 20.0. The van der Waals surface area contributed by atoms with Crippen LogP contribution in [0, 0.1) is 5.92 Å². The minimum absolute atomic E-state index is 0.00193. The molecule has 0 radical (unpaired) electrons. The lowest BCUT2D eigenvalue weighted by molar-refractivity contribution is -0.155. The van der Waals surface area contributed by atoms with Crippen LogP contribution in [0.25, 0.3) is 0 Å². The average Bonchev–Trinajstić information content (AvgIpc) is 1.74. The summed E-state index contributed by atoms with van der Waals surface area (Å²) in [5.74, 6) is -11.0. The van der Waals surface area contributed by atoms with Crippen LogP contribution in [0.3, 0.4) is 0 Å². The number of aliphatic carboxylic acids is 1. The summed E-state index contributed by atoms with van der Waals surface area (Å²) in [6.07, 6.45) is 7.20. The van der Waals surface area contributed by atoms with Gasteiger partial charge in [0.15, 0.2) is 11.9 Å². The first-order valence-electron chi connectivity index (χ1n) is 37.7. The van der Waals surface area contributed by atoms with Crippen molar-refractivity contribution in [2.75, 3.05) is 52.4 Å². The van der Waals surface area contributed by atoms with Gasteiger partial charge in [-0.25, -0.2) is 9.78 Å². The molecule has 5 aliphatic rings. The average molecular weight is 1530 g/mol. The molecular formula is C71H110N22O16. The number of carbonyl (C=O) groups excluding carboxylic acids is 13. The van der Waals surface area contributed by atoms with E-state index in [0.717, 1.165) is 11.1 Å². The van der Waals surface area contributed by atoms with E-state index in [1.54, 1.807) is 13.8 Å². The van der Waals surface area contributed by atoms with Gasteiger partial charge in [-0.05, 0) is 126 Å². The number of unbranched alkanes of at least 4 members (excludes halogenated alkanes) is 2. The zero-order valence-corrected chi connectivity index (χ0v) is 62.3. The fourth-order valence-electron chi connectivity index (χ4n) is 14.3. The van der Waals surface area contributed by atoms with Crippen LogP contribution in [0.2, 0.25) is 0 Å². The van der Waals surface area contributed by atoms with Gasteiger partial charge in [0.1, 0.15) is 72.5 Å². The van der Waals surface area contributed by atoms with Crippen LogP contribution in [0.15, 0.2) is 46.8 Å². The molecule has 109 heavy (non-hydrogen) atoms. The third kappa shape index (κ3) is 25.0. The second kappa shape index (κ2) is 42.3. The highest BCUT2D eigenvalue weighted by atomic mass is 16.4. The first-order chi connectivity index (χ1) is 52.1. The van der Waals surface area contributed by atoms with Crippen molar-refractivity contribution in [1.82, 2.24) is 77.4 Å². The first kappa shape index (κ1) is 85.7. The molecule has 1 aromatic carbocycles. The smallest absolute Gasteiger partial charge is 0.326 e. The van der Waals surface area contributed by atoms with E-state index in [4.69, 9.17) is 28.7 Å². The number of hydrogen-bond donors (Lipinski definition) is 17. The Morgan fingerprint density at radius 1 is 0.587 bits per heavy atom. The lowest BCUT2D eigenvalue weighted by atomic mass is 9.93. The van der Waals surface area contributed by atoms with Gasteiger partial charge in [-0.2, -0.15) is 0 Å². The number of aliphatic hydroxyl groups excluding tert-OH is 1. The lowest BCUT2D eigenvalue weighted by Gasteiger charge is -2.38. The Hall–Kier alpha value is -10.5. The molecule has 1 aromatic heterocycles. The minimum Gasteiger partial charge on any atom is -0.480 e. The van der Waals surface area contributed by atoms with Crippen molar-refractivity contribution in [3.63, 3.8) is 0 Å². The number of imidazole rings is 1. The number of rotatable bonds is 41. The number of benzene rings is 1. The number of carboxylic acids is 1. The predicted octanol–water partition coefficient (Wildman–Crippen LogP) is -4.78. The zero-order chi connectivity index (χ0) is 79.4. The van der Waals surface area contributed by atoms with Crippen LogP contribution in [0.5, 0.6) is 0 Å². The summed E-state index contributed by atoms with van der Waals surface area (Å²) in [5.41, 5.74) is 30.0. The molecule has 0 bridgehead atoms. The van der Waals surface area contributed by atoms with Gasteiger partial charge in [-0.1, -0.05) is 57.9 Å². The molecule has 12 atom stereocenters. The zero-order valence-electron chi connectivity index (χ0n) is 62.3. The van der Waals surface area contributed by atoms with Crippen molar-refractivity contribution in [2.24, 2.45) is 44.6 Å². The Balaban J connectivity index is 0.990. The number of aliphatic hydroxyl groups is 1. The predicted molar refractivity (Wildman–Crippen MR) is 395 cm³/mol. The van der Waals surface area contributed by atoms with Gasteiger partial charge in [0, 0.05) is 70.4 Å². The third-order valence-electron chi connectivity index (χ3n) is 20.0. The molecule has 38 nitrogen and oxygen atoms in total. The molecule has 38 heteroatoms. The number of aromatic nitrogens is 2. The number of aromatic amines is 1. The maximum Gasteiger partial charge on any atom is 0.326 e. The number of nitrogens with two attached hydrogens (primary N) is 5. The summed E-state index contributed by atoms with van der Waals surface area (Å²) in [4.78, 5) is 216. The van der Waals surface area contributed by atoms with Crippen LogP contribution in [-0.2, 0) is 86.5 Å². The molecule has 5 aliphatic heterocycles. The van der Waals surface area contributed by atoms with Crippen LogP contribution in [-0.4, -0.2) is 259 Å². The number of nitrogens with one attached hydrogen (secondary N) is 10. The molecule has 4 saturated heterocycles. The Morgan fingerprint density at radius 2 is 1.10 bits per heavy atom. The second-order valence-corrected chi connectivity index (χ2v) is 28.6. The highest BCUT2D eigenvalue weighted by molar-refractivity contribution is 6.00. The maximum absolute atomic E-state index is 14.5. The molecule has 600 valence electrons. The van der Waals surface area contributed by atoms with E-state index in [0.29, 0.717) is 57.1 Å². The van der Waals surface area contributed by atoms with E-state index in [1.165, 1.54) is 32.1 Å². The minimum atomic E-state index is -1.77. The normalized spacial score (nSPS) is 20.0. The van der Waals surface area contributed by atoms with Gasteiger partial charge in [-0.15, -0.1) is 0 Å². The standard InChI is InChI=1S/C71H110N22O16/c1-4-5-17-47(67(106)92-31-14-23-54(92)68(107)93-37-42-16-7-6-15-41(42)33-55(93)69(108)109)86-64(103)52-21-12-29-90(52)57(96)36-80-58(97)44(18-8-9-26-72)83-62(101)50(34-43-35-77-39-81-43)88-63(102)51(38-94)89-61(100)49(32-40(2)3)87-59(98)45(19-10-27-78-70(73)74)84-65(104)53-22-13-30-91(53)66(105)48(20-11-28-79-71(75)76)85-60(99)46-24-25-56(95)82-46/h6-7,15-16,35,39-40,44-55,94H,4-5,8-14,17-34,36-38,72H2,1-3H3,(H,77,81)(H,80,97)(H,82,95)(H,83,101)(H,84,104)(H,85,99)(H,86,103)(H,87,98)(H,88,102)(H,89,100)(H,108,109)(H4,73,74,78)(H4,75,76,79)/t44-,45-,46-,47-,48-,49-,50-,51-,52-,53-,54-,55-/m0/s1. The molecule has 0 spiro atoms. The van der Waals surface area contributed by atoms with Gasteiger partial charge >= 0.3 is 5.97 Å². The van der Waals surface area contributed by atoms with E-state index < -0.39 is 163 Å². The van der Waals surface area contributed by atoms with Gasteiger partial charge in [0.25, 0.3) is 0 Å². The Morgan fingerprint density at radius 3 is 1.68 bits per heavy atom. The van der Waals surface area contributed by atoms with Crippen molar-refractivity contribution in [3.8, 4) is 0 Å². The molecule has 0 unspecified atom stereocenters. The van der Waals surface area contributed by atoms with E-state index >= 15 is 0 Å². The van der Waals surface area contributed by atoms with Gasteiger partial charge < -0.3 is 111 Å². The van der Waals surface area contributed by atoms with E-state index in [-0.39, 0.29) is 153 Å². The first-order valence-corrected chi connectivity index (χ1v) is 37.7. The highest BCUT2D eigenvalue weighted by Crippen LogP contribution is 2.30. The summed E-state index contributed by atoms with van der Waals surface area (Å²) in [7, 11) is 0. The summed E-state index contributed by atoms with van der Waals surface area (Å²) >= 11 is 0. The number of likely N-dealkylation sites (tertiary alicyclic amines) is 3. The molecule has 4 fully saturated rings. The highest BCUT2D eigenvalue weighted by Gasteiger charge is 2.46. The number of hydrogen-bond acceptors (Lipinski definition) is 19. The van der Waals surface area contributed by atoms with Gasteiger partial charge in [0.2, 0.25) is 76.8 Å². The summed E-state index contributed by atoms with van der Waals surface area (Å²) in [5, 5.41) is 44.8. The fraction of sp³-hybridized carbons (Fsp3) is 0.648. The van der Waals surface area contributed by atoms with Crippen LogP contribution >= 0.6 is 0 Å². The van der Waals surface area contributed by atoms with Crippen molar-refractivity contribution < 1.29 is 77.3 Å². The summed E-state index contributed by atoms with van der Waals surface area (Å²) in [6.45, 7) is 4.60. The molecule has 0 aliphatic carbocycles. The largest absolute Gasteiger partial charge is 0.480 e. The lowest BCUT2D eigenvalue weighted by Crippen LogP contribution is -2.61. The van der Waals surface area contributed by atoms with Crippen molar-refractivity contribution in [2.45, 2.75) is 235 Å². The Bertz CT molecular complexity index is 3590. The van der Waals surface area contributed by atoms with Crippen molar-refractivity contribution in [1.29, 1.82) is 0 Å². The second-order valence-electron chi connectivity index (χ2n) is 28.6. The SMILES string of the molecule is CCCC[C@H](NC(=O)[C@@H]1CCCN1C(=O)CNC(=O)[C@H](CCCCN)NC(=O)[C@H](Cc1cnc[nH]1)NC(=O)[C@H](CO)NC(=O)[C@H](CC(C)C)NC(=O)[C@H](CCCN=C(N)N)NC(=O)[C@@H]1CCCN1C(=O)[C@H](CCCN=C(N)N)NC(=O)[C@@H]1CCC(=O)N1)C(=O)N1CCC[C@H]1C(=O)N1Cc2ccccc2C[C@H]1C(=O)O. The number of nitrogens with zero attached hydrogens (tertiary/aromatic N) is 7. The maximum atomic E-state index is 14.5. The Labute approximate surface area is 632 Å². The fourth-order valence-corrected chi connectivity index (χ4v) is 14.3. The van der Waals surface area contributed by atoms with Gasteiger partial charge in [-0.3, -0.25) is 72.3 Å². The van der Waals surface area contributed by atoms with E-state index in [9.17, 15) is 77.3 Å². The Kier molecular flexibility index (Phi) is 33.3. The number of H-pyrrole nitrogens is 1. The quantitative estimate of drug-likeness (QED) is 0.0169. The summed E-state index contributed by atoms with van der Waals surface area (Å²) < 4.78 is 0. The van der Waals surface area contributed by atoms with Gasteiger partial charge in [0.05, 0.1) is 19.5 Å². The van der Waals surface area contributed by atoms with Crippen LogP contribution in [0.1, 0.15) is 160 Å². The molecule has 7 rings (SSSR count). The van der Waals surface area contributed by atoms with Crippen LogP contribution < -0.4 is 76.5 Å². The molecule has 2 aromatic rings. The number of carboxylic acid groups (broad SMARTS) is 1. The van der Waals surface area contributed by atoms with Crippen molar-refractivity contribution in [3.05, 3.63) is 53.6 Å². The number of amides is 13. The summed E-state index contributed by atoms with van der Waals surface area (Å²) in [6, 6.07) is -7.58. The monoisotopic (exact) mass is 1530 g/mol. The number of fused-ring (bicyclic) bond motifs is 1. The number of aliphatic imine (C=N–C) groups is 2. The topological polar surface area (TPSA) is 584 Å². The van der Waals surface area contributed by atoms with Crippen LogP contribution in [0.4, 0.5) is 0 Å². The van der Waals surface area contributed by atoms with E-state index in [2.05, 4.69) is 67.8 Å². The molecule has 22 N–H and O–H groups in total. The van der Waals surface area contributed by atoms with E-state index in [1.807, 2.05) is 31.2 Å². The molecule has 0 saturated carbocycles. The number of carbonyl (C=O) groups is 14. The number of guanidine groups is 2.